The second-order valence-electron chi connectivity index (χ2n) is 5.83. The smallest absolute Gasteiger partial charge is 0.251 e. The molecule has 7 heteroatoms. The van der Waals surface area contributed by atoms with Crippen LogP contribution < -0.4 is 0 Å². The molecule has 0 saturated heterocycles. The van der Waals surface area contributed by atoms with Crippen LogP contribution in [0.3, 0.4) is 0 Å². The summed E-state index contributed by atoms with van der Waals surface area (Å²) in [5, 5.41) is 12.5. The van der Waals surface area contributed by atoms with E-state index >= 15 is 0 Å². The van der Waals surface area contributed by atoms with Gasteiger partial charge in [-0.25, -0.2) is 8.78 Å². The molecule has 0 saturated carbocycles. The molecule has 0 aliphatic heterocycles. The Morgan fingerprint density at radius 3 is 2.58 bits per heavy atom. The van der Waals surface area contributed by atoms with Gasteiger partial charge in [0, 0.05) is 5.56 Å². The zero-order valence-corrected chi connectivity index (χ0v) is 14.1. The summed E-state index contributed by atoms with van der Waals surface area (Å²) < 4.78 is 25.0. The van der Waals surface area contributed by atoms with Crippen molar-refractivity contribution in [1.82, 2.24) is 25.1 Å². The minimum Gasteiger partial charge on any atom is -0.298 e. The van der Waals surface area contributed by atoms with Crippen molar-refractivity contribution < 1.29 is 8.78 Å². The molecule has 0 aliphatic carbocycles. The average molecular weight is 337 g/mol. The van der Waals surface area contributed by atoms with Gasteiger partial charge >= 0.3 is 0 Å². The number of tetrazole rings is 1. The van der Waals surface area contributed by atoms with Gasteiger partial charge in [0.05, 0.1) is 13.1 Å². The molecule has 0 amide bonds. The minimum absolute atomic E-state index is 0.126. The second kappa shape index (κ2) is 10.1. The van der Waals surface area contributed by atoms with Crippen molar-refractivity contribution in [2.45, 2.75) is 45.6 Å². The molecule has 132 valence electrons. The van der Waals surface area contributed by atoms with Gasteiger partial charge in [-0.3, -0.25) is 4.90 Å². The Bertz CT molecular complexity index is 573. The Labute approximate surface area is 141 Å². The number of halogens is 2. The molecule has 0 atom stereocenters. The maximum atomic E-state index is 12.5. The number of aryl methyl sites for hydroxylation is 1. The van der Waals surface area contributed by atoms with Gasteiger partial charge in [0.15, 0.2) is 0 Å². The lowest BCUT2D eigenvalue weighted by atomic mass is 10.2. The normalized spacial score (nSPS) is 11.5. The predicted molar refractivity (Wildman–Crippen MR) is 89.8 cm³/mol. The maximum Gasteiger partial charge on any atom is 0.251 e. The number of hydrogen-bond acceptors (Lipinski definition) is 4. The van der Waals surface area contributed by atoms with E-state index in [9.17, 15) is 8.78 Å². The van der Waals surface area contributed by atoms with Crippen molar-refractivity contribution in [2.24, 2.45) is 0 Å². The van der Waals surface area contributed by atoms with Crippen molar-refractivity contribution in [3.05, 3.63) is 30.3 Å². The summed E-state index contributed by atoms with van der Waals surface area (Å²) in [5.74, 6) is 0.627. The minimum atomic E-state index is -2.26. The van der Waals surface area contributed by atoms with Gasteiger partial charge in [-0.2, -0.15) is 4.80 Å². The number of benzene rings is 1. The Kier molecular flexibility index (Phi) is 7.74. The fraction of sp³-hybridized carbons (Fsp3) is 0.588. The molecule has 0 bridgehead atoms. The van der Waals surface area contributed by atoms with E-state index in [-0.39, 0.29) is 6.54 Å². The van der Waals surface area contributed by atoms with Crippen molar-refractivity contribution in [2.75, 3.05) is 19.6 Å². The van der Waals surface area contributed by atoms with Crippen LogP contribution in [0.5, 0.6) is 0 Å². The Hall–Kier alpha value is -1.89. The van der Waals surface area contributed by atoms with E-state index in [0.29, 0.717) is 12.4 Å². The highest BCUT2D eigenvalue weighted by Crippen LogP contribution is 2.12. The Morgan fingerprint density at radius 2 is 1.88 bits per heavy atom. The van der Waals surface area contributed by atoms with Gasteiger partial charge in [0.2, 0.25) is 5.82 Å². The monoisotopic (exact) mass is 337 g/mol. The third kappa shape index (κ3) is 6.31. The molecule has 2 rings (SSSR count). The lowest BCUT2D eigenvalue weighted by molar-refractivity contribution is 0.0871. The molecule has 5 nitrogen and oxygen atoms in total. The van der Waals surface area contributed by atoms with Gasteiger partial charge < -0.3 is 0 Å². The van der Waals surface area contributed by atoms with Crippen LogP contribution in [0.25, 0.3) is 11.4 Å². The van der Waals surface area contributed by atoms with E-state index in [2.05, 4.69) is 15.4 Å². The lowest BCUT2D eigenvalue weighted by Crippen LogP contribution is -2.30. The molecule has 0 spiro atoms. The van der Waals surface area contributed by atoms with Crippen molar-refractivity contribution in [3.63, 3.8) is 0 Å². The largest absolute Gasteiger partial charge is 0.298 e. The van der Waals surface area contributed by atoms with Crippen LogP contribution in [-0.2, 0) is 6.54 Å². The molecule has 1 heterocycles. The van der Waals surface area contributed by atoms with E-state index in [4.69, 9.17) is 0 Å². The van der Waals surface area contributed by atoms with Crippen LogP contribution in [0.2, 0.25) is 0 Å². The summed E-state index contributed by atoms with van der Waals surface area (Å²) in [4.78, 5) is 3.44. The SMILES string of the molecule is CCCN(CCCCCn1nnc(-c2ccccc2)n1)CC(F)F. The van der Waals surface area contributed by atoms with Crippen LogP contribution in [0.15, 0.2) is 30.3 Å². The van der Waals surface area contributed by atoms with Crippen LogP contribution in [0, 0.1) is 0 Å². The van der Waals surface area contributed by atoms with Gasteiger partial charge in [-0.05, 0) is 37.6 Å². The third-order valence-electron chi connectivity index (χ3n) is 3.75. The van der Waals surface area contributed by atoms with E-state index < -0.39 is 6.43 Å². The summed E-state index contributed by atoms with van der Waals surface area (Å²) in [7, 11) is 0. The highest BCUT2D eigenvalue weighted by molar-refractivity contribution is 5.52. The second-order valence-corrected chi connectivity index (χ2v) is 5.83. The van der Waals surface area contributed by atoms with Gasteiger partial charge in [0.1, 0.15) is 0 Å². The summed E-state index contributed by atoms with van der Waals surface area (Å²) in [6.45, 7) is 4.04. The lowest BCUT2D eigenvalue weighted by Gasteiger charge is -2.20. The quantitative estimate of drug-likeness (QED) is 0.589. The number of hydrogen-bond donors (Lipinski definition) is 0. The summed E-state index contributed by atoms with van der Waals surface area (Å²) in [6, 6.07) is 9.73. The summed E-state index contributed by atoms with van der Waals surface area (Å²) in [6.07, 6.45) is 1.43. The zero-order chi connectivity index (χ0) is 17.2. The molecule has 0 N–H and O–H groups in total. The molecular formula is C17H25F2N5. The fourth-order valence-corrected chi connectivity index (χ4v) is 2.61. The molecule has 0 radical (unpaired) electrons. The van der Waals surface area contributed by atoms with E-state index in [1.54, 1.807) is 4.80 Å². The van der Waals surface area contributed by atoms with Crippen molar-refractivity contribution >= 4 is 0 Å². The van der Waals surface area contributed by atoms with Crippen LogP contribution in [0.1, 0.15) is 32.6 Å². The molecular weight excluding hydrogens is 312 g/mol. The Balaban J connectivity index is 1.68. The van der Waals surface area contributed by atoms with Crippen LogP contribution in [-0.4, -0.2) is 51.2 Å². The average Bonchev–Trinajstić information content (AvgIpc) is 3.04. The Morgan fingerprint density at radius 1 is 1.08 bits per heavy atom. The summed E-state index contributed by atoms with van der Waals surface area (Å²) in [5.41, 5.74) is 0.950. The van der Waals surface area contributed by atoms with Gasteiger partial charge in [0.25, 0.3) is 6.43 Å². The molecule has 2 aromatic rings. The van der Waals surface area contributed by atoms with Gasteiger partial charge in [-0.1, -0.05) is 43.7 Å². The topological polar surface area (TPSA) is 46.8 Å². The van der Waals surface area contributed by atoms with E-state index in [0.717, 1.165) is 44.3 Å². The highest BCUT2D eigenvalue weighted by atomic mass is 19.3. The van der Waals surface area contributed by atoms with Gasteiger partial charge in [-0.15, -0.1) is 10.2 Å². The molecule has 0 fully saturated rings. The molecule has 1 aromatic heterocycles. The van der Waals surface area contributed by atoms with E-state index in [1.807, 2.05) is 42.2 Å². The summed E-state index contributed by atoms with van der Waals surface area (Å²) >= 11 is 0. The van der Waals surface area contributed by atoms with Crippen molar-refractivity contribution in [1.29, 1.82) is 0 Å². The zero-order valence-electron chi connectivity index (χ0n) is 14.1. The first kappa shape index (κ1) is 18.4. The molecule has 0 aliphatic rings. The number of nitrogens with zero attached hydrogens (tertiary/aromatic N) is 5. The first-order valence-electron chi connectivity index (χ1n) is 8.52. The number of rotatable bonds is 11. The first-order valence-corrected chi connectivity index (χ1v) is 8.52. The number of alkyl halides is 2. The standard InChI is InChI=1S/C17H25F2N5/c1-2-11-23(14-16(18)19)12-7-4-8-13-24-21-17(20-22-24)15-9-5-3-6-10-15/h3,5-6,9-10,16H,2,4,7-8,11-14H2,1H3. The van der Waals surface area contributed by atoms with E-state index in [1.165, 1.54) is 0 Å². The van der Waals surface area contributed by atoms with Crippen LogP contribution in [0.4, 0.5) is 8.78 Å². The molecule has 1 aromatic carbocycles. The first-order chi connectivity index (χ1) is 11.7. The molecule has 0 unspecified atom stereocenters. The highest BCUT2D eigenvalue weighted by Gasteiger charge is 2.10. The fourth-order valence-electron chi connectivity index (χ4n) is 2.61. The number of aromatic nitrogens is 4. The molecule has 24 heavy (non-hydrogen) atoms. The number of unbranched alkanes of at least 4 members (excludes halogenated alkanes) is 2. The van der Waals surface area contributed by atoms with Crippen LogP contribution >= 0.6 is 0 Å². The maximum absolute atomic E-state index is 12.5. The third-order valence-corrected chi connectivity index (χ3v) is 3.75. The predicted octanol–water partition coefficient (Wildman–Crippen LogP) is 3.49. The van der Waals surface area contributed by atoms with Crippen molar-refractivity contribution in [3.8, 4) is 11.4 Å².